The Morgan fingerprint density at radius 2 is 1.81 bits per heavy atom. The van der Waals surface area contributed by atoms with Gasteiger partial charge in [0.1, 0.15) is 0 Å². The third kappa shape index (κ3) is 4.26. The highest BCUT2D eigenvalue weighted by atomic mass is 32.2. The topological polar surface area (TPSA) is 66.6 Å². The number of hydrogen-bond acceptors (Lipinski definition) is 4. The van der Waals surface area contributed by atoms with Crippen LogP contribution in [0.2, 0.25) is 0 Å². The maximum absolute atomic E-state index is 12.5. The summed E-state index contributed by atoms with van der Waals surface area (Å²) >= 11 is 0. The second-order valence-electron chi connectivity index (χ2n) is 5.56. The third-order valence-corrected chi connectivity index (χ3v) is 5.87. The molecular weight excluding hydrogens is 286 g/mol. The van der Waals surface area contributed by atoms with E-state index in [4.69, 9.17) is 5.73 Å². The van der Waals surface area contributed by atoms with Gasteiger partial charge >= 0.3 is 0 Å². The molecule has 0 aliphatic carbocycles. The van der Waals surface area contributed by atoms with Crippen LogP contribution in [0.5, 0.6) is 0 Å². The summed E-state index contributed by atoms with van der Waals surface area (Å²) in [7, 11) is -1.73. The van der Waals surface area contributed by atoms with Crippen LogP contribution in [0, 0.1) is 0 Å². The fraction of sp³-hybridized carbons (Fsp3) is 0.600. The molecule has 21 heavy (non-hydrogen) atoms. The monoisotopic (exact) mass is 311 g/mol. The average molecular weight is 311 g/mol. The maximum atomic E-state index is 12.5. The standard InChI is InChI=1S/C15H25N3O2S/c1-17(12-13-18-10-2-3-11-18)21(19,20)15-6-4-14(5-7-15)8-9-16/h4-7H,2-3,8-13,16H2,1H3. The molecule has 1 fully saturated rings. The van der Waals surface area contributed by atoms with Gasteiger partial charge in [-0.15, -0.1) is 0 Å². The van der Waals surface area contributed by atoms with E-state index in [-0.39, 0.29) is 0 Å². The largest absolute Gasteiger partial charge is 0.330 e. The van der Waals surface area contributed by atoms with Crippen LogP contribution in [0.25, 0.3) is 0 Å². The number of likely N-dealkylation sites (N-methyl/N-ethyl adjacent to an activating group) is 1. The predicted molar refractivity (Wildman–Crippen MR) is 84.7 cm³/mol. The Balaban J connectivity index is 1.98. The van der Waals surface area contributed by atoms with Gasteiger partial charge < -0.3 is 10.6 Å². The molecule has 6 heteroatoms. The molecule has 0 bridgehead atoms. The molecule has 0 atom stereocenters. The molecule has 2 N–H and O–H groups in total. The van der Waals surface area contributed by atoms with E-state index in [2.05, 4.69) is 4.90 Å². The Kier molecular flexibility index (Phi) is 5.75. The van der Waals surface area contributed by atoms with Crippen molar-refractivity contribution in [2.24, 2.45) is 5.73 Å². The smallest absolute Gasteiger partial charge is 0.242 e. The van der Waals surface area contributed by atoms with E-state index in [9.17, 15) is 8.42 Å². The highest BCUT2D eigenvalue weighted by Gasteiger charge is 2.21. The molecule has 0 spiro atoms. The minimum atomic E-state index is -3.39. The summed E-state index contributed by atoms with van der Waals surface area (Å²) in [6.45, 7) is 4.08. The summed E-state index contributed by atoms with van der Waals surface area (Å²) in [6.07, 6.45) is 3.21. The van der Waals surface area contributed by atoms with Gasteiger partial charge in [0, 0.05) is 20.1 Å². The molecule has 1 aliphatic rings. The molecule has 1 heterocycles. The first kappa shape index (κ1) is 16.4. The summed E-state index contributed by atoms with van der Waals surface area (Å²) < 4.78 is 26.4. The lowest BCUT2D eigenvalue weighted by molar-refractivity contribution is 0.310. The van der Waals surface area contributed by atoms with Crippen molar-refractivity contribution in [1.29, 1.82) is 0 Å². The molecule has 0 amide bonds. The number of likely N-dealkylation sites (tertiary alicyclic amines) is 1. The Morgan fingerprint density at radius 3 is 2.38 bits per heavy atom. The summed E-state index contributed by atoms with van der Waals surface area (Å²) in [6, 6.07) is 7.03. The van der Waals surface area contributed by atoms with E-state index in [1.807, 2.05) is 12.1 Å². The molecule has 1 aromatic carbocycles. The van der Waals surface area contributed by atoms with Crippen molar-refractivity contribution in [2.75, 3.05) is 39.8 Å². The average Bonchev–Trinajstić information content (AvgIpc) is 2.99. The molecule has 1 saturated heterocycles. The van der Waals surface area contributed by atoms with Crippen molar-refractivity contribution in [3.05, 3.63) is 29.8 Å². The zero-order valence-corrected chi connectivity index (χ0v) is 13.5. The first-order chi connectivity index (χ1) is 10.0. The number of nitrogens with zero attached hydrogens (tertiary/aromatic N) is 2. The number of nitrogens with two attached hydrogens (primary N) is 1. The maximum Gasteiger partial charge on any atom is 0.242 e. The highest BCUT2D eigenvalue weighted by molar-refractivity contribution is 7.89. The molecule has 5 nitrogen and oxygen atoms in total. The summed E-state index contributed by atoms with van der Waals surface area (Å²) in [5.74, 6) is 0. The van der Waals surface area contributed by atoms with Crippen LogP contribution in [-0.4, -0.2) is 57.4 Å². The van der Waals surface area contributed by atoms with Crippen molar-refractivity contribution in [3.8, 4) is 0 Å². The van der Waals surface area contributed by atoms with Gasteiger partial charge in [-0.2, -0.15) is 4.31 Å². The summed E-state index contributed by atoms with van der Waals surface area (Å²) in [4.78, 5) is 2.67. The van der Waals surface area contributed by atoms with Gasteiger partial charge in [-0.1, -0.05) is 12.1 Å². The first-order valence-corrected chi connectivity index (χ1v) is 8.96. The number of sulfonamides is 1. The lowest BCUT2D eigenvalue weighted by atomic mass is 10.2. The van der Waals surface area contributed by atoms with Gasteiger partial charge in [-0.05, 0) is 56.6 Å². The Labute approximate surface area is 127 Å². The molecule has 1 aliphatic heterocycles. The number of hydrogen-bond donors (Lipinski definition) is 1. The van der Waals surface area contributed by atoms with Gasteiger partial charge in [0.15, 0.2) is 0 Å². The van der Waals surface area contributed by atoms with Crippen molar-refractivity contribution >= 4 is 10.0 Å². The van der Waals surface area contributed by atoms with Crippen molar-refractivity contribution < 1.29 is 8.42 Å². The van der Waals surface area contributed by atoms with E-state index in [0.29, 0.717) is 18.0 Å². The van der Waals surface area contributed by atoms with Crippen LogP contribution in [-0.2, 0) is 16.4 Å². The van der Waals surface area contributed by atoms with Crippen molar-refractivity contribution in [1.82, 2.24) is 9.21 Å². The number of benzene rings is 1. The van der Waals surface area contributed by atoms with Gasteiger partial charge in [0.05, 0.1) is 4.90 Å². The molecule has 0 unspecified atom stereocenters. The zero-order valence-electron chi connectivity index (χ0n) is 12.7. The van der Waals surface area contributed by atoms with Crippen LogP contribution in [0.15, 0.2) is 29.2 Å². The quantitative estimate of drug-likeness (QED) is 0.812. The van der Waals surface area contributed by atoms with Gasteiger partial charge in [0.25, 0.3) is 0 Å². The highest BCUT2D eigenvalue weighted by Crippen LogP contribution is 2.16. The molecule has 2 rings (SSSR count). The zero-order chi connectivity index (χ0) is 15.3. The Morgan fingerprint density at radius 1 is 1.19 bits per heavy atom. The fourth-order valence-electron chi connectivity index (χ4n) is 2.58. The van der Waals surface area contributed by atoms with E-state index in [1.165, 1.54) is 17.1 Å². The SMILES string of the molecule is CN(CCN1CCCC1)S(=O)(=O)c1ccc(CCN)cc1. The summed E-state index contributed by atoms with van der Waals surface area (Å²) in [5, 5.41) is 0. The molecule has 118 valence electrons. The lowest BCUT2D eigenvalue weighted by Crippen LogP contribution is -2.35. The summed E-state index contributed by atoms with van der Waals surface area (Å²) in [5.41, 5.74) is 6.57. The van der Waals surface area contributed by atoms with Crippen molar-refractivity contribution in [2.45, 2.75) is 24.2 Å². The van der Waals surface area contributed by atoms with E-state index in [1.54, 1.807) is 19.2 Å². The predicted octanol–water partition coefficient (Wildman–Crippen LogP) is 0.904. The first-order valence-electron chi connectivity index (χ1n) is 7.52. The van der Waals surface area contributed by atoms with Crippen LogP contribution < -0.4 is 5.73 Å². The second-order valence-corrected chi connectivity index (χ2v) is 7.60. The minimum Gasteiger partial charge on any atom is -0.330 e. The van der Waals surface area contributed by atoms with Crippen molar-refractivity contribution in [3.63, 3.8) is 0 Å². The fourth-order valence-corrected chi connectivity index (χ4v) is 3.75. The number of rotatable bonds is 7. The van der Waals surface area contributed by atoms with Gasteiger partial charge in [-0.3, -0.25) is 0 Å². The third-order valence-electron chi connectivity index (χ3n) is 3.99. The lowest BCUT2D eigenvalue weighted by Gasteiger charge is -2.21. The molecule has 0 aromatic heterocycles. The molecular formula is C15H25N3O2S. The Bertz CT molecular complexity index is 537. The Hall–Kier alpha value is -0.950. The van der Waals surface area contributed by atoms with Crippen LogP contribution in [0.1, 0.15) is 18.4 Å². The van der Waals surface area contributed by atoms with Gasteiger partial charge in [0.2, 0.25) is 10.0 Å². The molecule has 1 aromatic rings. The molecule has 0 saturated carbocycles. The minimum absolute atomic E-state index is 0.354. The van der Waals surface area contributed by atoms with E-state index in [0.717, 1.165) is 31.6 Å². The molecule has 0 radical (unpaired) electrons. The van der Waals surface area contributed by atoms with E-state index >= 15 is 0 Å². The normalized spacial score (nSPS) is 16.7. The van der Waals surface area contributed by atoms with Crippen LogP contribution >= 0.6 is 0 Å². The second kappa shape index (κ2) is 7.35. The van der Waals surface area contributed by atoms with Gasteiger partial charge in [-0.25, -0.2) is 8.42 Å². The van der Waals surface area contributed by atoms with Crippen LogP contribution in [0.3, 0.4) is 0 Å². The van der Waals surface area contributed by atoms with Crippen LogP contribution in [0.4, 0.5) is 0 Å². The van der Waals surface area contributed by atoms with E-state index < -0.39 is 10.0 Å².